The first-order valence-corrected chi connectivity index (χ1v) is 8.78. The van der Waals surface area contributed by atoms with Crippen molar-refractivity contribution in [2.75, 3.05) is 18.5 Å². The monoisotopic (exact) mass is 377 g/mol. The first kappa shape index (κ1) is 17.7. The molecule has 4 nitrogen and oxygen atoms in total. The van der Waals surface area contributed by atoms with Gasteiger partial charge >= 0.3 is 0 Å². The summed E-state index contributed by atoms with van der Waals surface area (Å²) in [5, 5.41) is 3.27. The number of rotatable bonds is 7. The van der Waals surface area contributed by atoms with Gasteiger partial charge in [0.1, 0.15) is 24.5 Å². The van der Waals surface area contributed by atoms with Crippen LogP contribution in [0.25, 0.3) is 0 Å². The Morgan fingerprint density at radius 3 is 2.74 bits per heavy atom. The molecule has 0 atom stereocenters. The van der Waals surface area contributed by atoms with Crippen LogP contribution in [0.1, 0.15) is 43.5 Å². The molecule has 0 radical (unpaired) electrons. The Bertz CT molecular complexity index is 659. The van der Waals surface area contributed by atoms with Gasteiger partial charge in [0.25, 0.3) is 0 Å². The Balaban J connectivity index is 1.92. The Kier molecular flexibility index (Phi) is 6.39. The largest absolute Gasteiger partial charge is 0.491 e. The quantitative estimate of drug-likeness (QED) is 0.708. The first-order chi connectivity index (χ1) is 11.0. The summed E-state index contributed by atoms with van der Waals surface area (Å²) in [7, 11) is 0. The second-order valence-corrected chi connectivity index (χ2v) is 6.57. The number of hydrogen-bond donors (Lipinski definition) is 1. The zero-order chi connectivity index (χ0) is 16.8. The molecule has 0 bridgehead atoms. The highest BCUT2D eigenvalue weighted by Gasteiger charge is 2.07. The molecule has 124 valence electrons. The van der Waals surface area contributed by atoms with Gasteiger partial charge in [-0.1, -0.05) is 32.9 Å². The summed E-state index contributed by atoms with van der Waals surface area (Å²) in [6.45, 7) is 9.79. The third-order valence-electron chi connectivity index (χ3n) is 3.75. The molecule has 0 saturated heterocycles. The van der Waals surface area contributed by atoms with E-state index in [9.17, 15) is 0 Å². The van der Waals surface area contributed by atoms with E-state index in [1.165, 1.54) is 11.1 Å². The Hall–Kier alpha value is -1.62. The Labute approximate surface area is 146 Å². The highest BCUT2D eigenvalue weighted by molar-refractivity contribution is 9.10. The van der Waals surface area contributed by atoms with Gasteiger partial charge in [-0.2, -0.15) is 0 Å². The van der Waals surface area contributed by atoms with Gasteiger partial charge in [0.15, 0.2) is 0 Å². The summed E-state index contributed by atoms with van der Waals surface area (Å²) in [6.07, 6.45) is 2.53. The molecule has 0 fully saturated rings. The molecular formula is C18H24BrN3O. The average Bonchev–Trinajstić information content (AvgIpc) is 2.55. The zero-order valence-corrected chi connectivity index (χ0v) is 15.8. The van der Waals surface area contributed by atoms with Crippen molar-refractivity contribution >= 4 is 21.7 Å². The molecule has 23 heavy (non-hydrogen) atoms. The molecule has 1 N–H and O–H groups in total. The van der Waals surface area contributed by atoms with E-state index in [0.29, 0.717) is 19.1 Å². The minimum Gasteiger partial charge on any atom is -0.491 e. The molecule has 1 aromatic heterocycles. The van der Waals surface area contributed by atoms with Crippen LogP contribution >= 0.6 is 15.9 Å². The van der Waals surface area contributed by atoms with E-state index in [1.807, 2.05) is 6.92 Å². The first-order valence-electron chi connectivity index (χ1n) is 7.99. The van der Waals surface area contributed by atoms with E-state index < -0.39 is 0 Å². The second-order valence-electron chi connectivity index (χ2n) is 5.77. The van der Waals surface area contributed by atoms with Crippen LogP contribution in [0.3, 0.4) is 0 Å². The fourth-order valence-corrected chi connectivity index (χ4v) is 2.63. The normalized spacial score (nSPS) is 10.9. The molecule has 2 aromatic rings. The van der Waals surface area contributed by atoms with E-state index in [2.05, 4.69) is 70.2 Å². The Morgan fingerprint density at radius 2 is 2.04 bits per heavy atom. The van der Waals surface area contributed by atoms with Crippen molar-refractivity contribution in [3.63, 3.8) is 0 Å². The van der Waals surface area contributed by atoms with Crippen LogP contribution in [0.2, 0.25) is 0 Å². The van der Waals surface area contributed by atoms with Gasteiger partial charge in [0, 0.05) is 0 Å². The van der Waals surface area contributed by atoms with E-state index in [0.717, 1.165) is 28.2 Å². The van der Waals surface area contributed by atoms with Crippen molar-refractivity contribution < 1.29 is 4.74 Å². The van der Waals surface area contributed by atoms with Crippen molar-refractivity contribution in [3.8, 4) is 5.75 Å². The number of aromatic nitrogens is 2. The van der Waals surface area contributed by atoms with Gasteiger partial charge in [-0.05, 0) is 52.4 Å². The number of benzene rings is 1. The molecule has 0 aliphatic carbocycles. The molecule has 0 saturated carbocycles. The molecule has 2 rings (SSSR count). The summed E-state index contributed by atoms with van der Waals surface area (Å²) < 4.78 is 6.83. The van der Waals surface area contributed by atoms with E-state index in [4.69, 9.17) is 4.74 Å². The van der Waals surface area contributed by atoms with Gasteiger partial charge in [0.05, 0.1) is 16.7 Å². The van der Waals surface area contributed by atoms with Gasteiger partial charge in [-0.15, -0.1) is 0 Å². The smallest absolute Gasteiger partial charge is 0.144 e. The predicted molar refractivity (Wildman–Crippen MR) is 98.4 cm³/mol. The number of anilines is 1. The zero-order valence-electron chi connectivity index (χ0n) is 14.2. The third kappa shape index (κ3) is 4.67. The molecule has 5 heteroatoms. The summed E-state index contributed by atoms with van der Waals surface area (Å²) in [5.74, 6) is 2.30. The maximum absolute atomic E-state index is 5.93. The topological polar surface area (TPSA) is 47.0 Å². The van der Waals surface area contributed by atoms with Crippen LogP contribution in [0.4, 0.5) is 5.82 Å². The van der Waals surface area contributed by atoms with Gasteiger partial charge in [-0.3, -0.25) is 0 Å². The molecule has 0 amide bonds. The molecule has 0 aliphatic rings. The van der Waals surface area contributed by atoms with Crippen molar-refractivity contribution in [3.05, 3.63) is 45.8 Å². The molecule has 1 heterocycles. The number of nitrogens with one attached hydrogen (secondary N) is 1. The summed E-state index contributed by atoms with van der Waals surface area (Å²) in [6, 6.07) is 6.48. The van der Waals surface area contributed by atoms with Gasteiger partial charge in [-0.25, -0.2) is 9.97 Å². The third-order valence-corrected chi connectivity index (χ3v) is 4.70. The molecule has 0 aliphatic heterocycles. The maximum atomic E-state index is 5.93. The lowest BCUT2D eigenvalue weighted by molar-refractivity contribution is 0.329. The number of halogens is 1. The lowest BCUT2D eigenvalue weighted by atomic mass is 9.99. The predicted octanol–water partition coefficient (Wildman–Crippen LogP) is 4.72. The van der Waals surface area contributed by atoms with Crippen LogP contribution in [-0.2, 0) is 6.42 Å². The fourth-order valence-electron chi connectivity index (χ4n) is 2.29. The fraction of sp³-hybridized carbons (Fsp3) is 0.444. The SMILES string of the molecule is CCc1cc(C(C)C)ccc1OCCNc1ncnc(C)c1Br. The number of nitrogens with zero attached hydrogens (tertiary/aromatic N) is 2. The van der Waals surface area contributed by atoms with E-state index >= 15 is 0 Å². The van der Waals surface area contributed by atoms with Crippen LogP contribution in [0, 0.1) is 6.92 Å². The average molecular weight is 378 g/mol. The lowest BCUT2D eigenvalue weighted by Gasteiger charge is -2.14. The Morgan fingerprint density at radius 1 is 1.26 bits per heavy atom. The maximum Gasteiger partial charge on any atom is 0.144 e. The summed E-state index contributed by atoms with van der Waals surface area (Å²) in [4.78, 5) is 8.35. The minimum atomic E-state index is 0.536. The van der Waals surface area contributed by atoms with Crippen molar-refractivity contribution in [1.29, 1.82) is 0 Å². The van der Waals surface area contributed by atoms with Crippen molar-refractivity contribution in [1.82, 2.24) is 9.97 Å². The van der Waals surface area contributed by atoms with Crippen LogP contribution in [0.5, 0.6) is 5.75 Å². The lowest BCUT2D eigenvalue weighted by Crippen LogP contribution is -2.14. The van der Waals surface area contributed by atoms with Crippen LogP contribution in [0.15, 0.2) is 29.0 Å². The second kappa shape index (κ2) is 8.29. The number of aryl methyl sites for hydroxylation is 2. The highest BCUT2D eigenvalue weighted by atomic mass is 79.9. The van der Waals surface area contributed by atoms with E-state index in [-0.39, 0.29) is 0 Å². The van der Waals surface area contributed by atoms with Crippen molar-refractivity contribution in [2.45, 2.75) is 40.0 Å². The highest BCUT2D eigenvalue weighted by Crippen LogP contribution is 2.25. The van der Waals surface area contributed by atoms with Gasteiger partial charge in [0.2, 0.25) is 0 Å². The van der Waals surface area contributed by atoms with Crippen LogP contribution < -0.4 is 10.1 Å². The summed E-state index contributed by atoms with van der Waals surface area (Å²) in [5.41, 5.74) is 3.53. The summed E-state index contributed by atoms with van der Waals surface area (Å²) >= 11 is 3.49. The number of ether oxygens (including phenoxy) is 1. The molecular weight excluding hydrogens is 354 g/mol. The van der Waals surface area contributed by atoms with Crippen LogP contribution in [-0.4, -0.2) is 23.1 Å². The molecule has 0 spiro atoms. The standard InChI is InChI=1S/C18H24BrN3O/c1-5-14-10-15(12(2)3)6-7-16(14)23-9-8-20-18-17(19)13(4)21-11-22-18/h6-7,10-12H,5,8-9H2,1-4H3,(H,20,21,22). The minimum absolute atomic E-state index is 0.536. The van der Waals surface area contributed by atoms with E-state index in [1.54, 1.807) is 6.33 Å². The van der Waals surface area contributed by atoms with Gasteiger partial charge < -0.3 is 10.1 Å². The molecule has 0 unspecified atom stereocenters. The van der Waals surface area contributed by atoms with Crippen molar-refractivity contribution in [2.24, 2.45) is 0 Å². The number of hydrogen-bond acceptors (Lipinski definition) is 4. The molecule has 1 aromatic carbocycles.